The van der Waals surface area contributed by atoms with Crippen LogP contribution in [0.1, 0.15) is 50.2 Å². The first-order chi connectivity index (χ1) is 20.2. The summed E-state index contributed by atoms with van der Waals surface area (Å²) in [5.74, 6) is -2.21. The molecule has 11 nitrogen and oxygen atoms in total. The summed E-state index contributed by atoms with van der Waals surface area (Å²) in [5, 5.41) is 6.85. The highest BCUT2D eigenvalue weighted by Gasteiger charge is 2.53. The average Bonchev–Trinajstić information content (AvgIpc) is 3.52. The summed E-state index contributed by atoms with van der Waals surface area (Å²) in [6.45, 7) is 4.30. The largest absolute Gasteiger partial charge is 0.490 e. The van der Waals surface area contributed by atoms with Gasteiger partial charge in [-0.15, -0.1) is 0 Å². The summed E-state index contributed by atoms with van der Waals surface area (Å²) in [7, 11) is 0. The molecule has 42 heavy (non-hydrogen) atoms. The molecule has 3 amide bonds. The third kappa shape index (κ3) is 4.82. The van der Waals surface area contributed by atoms with Crippen LogP contribution in [0, 0.1) is 30.9 Å². The molecule has 0 saturated carbocycles. The lowest BCUT2D eigenvalue weighted by molar-refractivity contribution is -0.122. The Labute approximate surface area is 239 Å². The zero-order valence-electron chi connectivity index (χ0n) is 23.1. The van der Waals surface area contributed by atoms with Crippen LogP contribution in [0.25, 0.3) is 0 Å². The molecule has 0 radical (unpaired) electrons. The number of carbonyl (C=O) groups is 3. The van der Waals surface area contributed by atoms with E-state index in [1.54, 1.807) is 24.8 Å². The summed E-state index contributed by atoms with van der Waals surface area (Å²) in [5.41, 5.74) is 0.537. The van der Waals surface area contributed by atoms with Gasteiger partial charge in [-0.1, -0.05) is 17.3 Å². The van der Waals surface area contributed by atoms with Crippen molar-refractivity contribution >= 4 is 17.7 Å². The highest BCUT2D eigenvalue weighted by Crippen LogP contribution is 2.52. The molecule has 4 aliphatic rings. The minimum absolute atomic E-state index is 0.0636. The lowest BCUT2D eigenvalue weighted by Crippen LogP contribution is -2.50. The molecule has 4 aliphatic heterocycles. The van der Waals surface area contributed by atoms with E-state index < -0.39 is 34.6 Å². The van der Waals surface area contributed by atoms with Crippen LogP contribution in [0.3, 0.4) is 0 Å². The number of aromatic nitrogens is 2. The molecule has 1 spiro atoms. The number of fused-ring (bicyclic) bond motifs is 9. The van der Waals surface area contributed by atoms with Crippen LogP contribution in [-0.2, 0) is 4.79 Å². The van der Waals surface area contributed by atoms with E-state index in [0.29, 0.717) is 54.1 Å². The van der Waals surface area contributed by atoms with E-state index in [0.717, 1.165) is 11.8 Å². The maximum atomic E-state index is 14.4. The number of ether oxygens (including phenoxy) is 2. The lowest BCUT2D eigenvalue weighted by atomic mass is 9.73. The molecule has 7 rings (SSSR count). The maximum Gasteiger partial charge on any atom is 0.275 e. The van der Waals surface area contributed by atoms with Crippen LogP contribution in [0.5, 0.6) is 11.5 Å². The number of nitrogens with one attached hydrogen (secondary N) is 1. The Morgan fingerprint density at radius 3 is 2.74 bits per heavy atom. The van der Waals surface area contributed by atoms with Gasteiger partial charge in [0.2, 0.25) is 5.91 Å². The van der Waals surface area contributed by atoms with Gasteiger partial charge < -0.3 is 29.1 Å². The van der Waals surface area contributed by atoms with Crippen LogP contribution >= 0.6 is 0 Å². The number of hydrogen-bond donors (Lipinski definition) is 1. The van der Waals surface area contributed by atoms with E-state index in [1.807, 2.05) is 12.1 Å². The van der Waals surface area contributed by atoms with Gasteiger partial charge in [0.15, 0.2) is 23.0 Å². The molecule has 2 atom stereocenters. The Morgan fingerprint density at radius 2 is 1.98 bits per heavy atom. The zero-order chi connectivity index (χ0) is 29.6. The van der Waals surface area contributed by atoms with Crippen LogP contribution in [0.2, 0.25) is 0 Å². The molecule has 2 aromatic heterocycles. The van der Waals surface area contributed by atoms with Gasteiger partial charge in [-0.05, 0) is 26.3 Å². The number of halogens is 2. The predicted octanol–water partition coefficient (Wildman–Crippen LogP) is 2.62. The van der Waals surface area contributed by atoms with Crippen molar-refractivity contribution in [3.8, 4) is 11.5 Å². The molecule has 1 N–H and O–H groups in total. The van der Waals surface area contributed by atoms with Crippen molar-refractivity contribution in [1.29, 1.82) is 0 Å². The number of aryl methyl sites for hydroxylation is 2. The van der Waals surface area contributed by atoms with Crippen molar-refractivity contribution in [3.05, 3.63) is 70.4 Å². The van der Waals surface area contributed by atoms with Crippen LogP contribution in [-0.4, -0.2) is 83.6 Å². The fourth-order valence-electron chi connectivity index (χ4n) is 6.08. The first-order valence-corrected chi connectivity index (χ1v) is 13.6. The average molecular weight is 582 g/mol. The van der Waals surface area contributed by atoms with E-state index in [9.17, 15) is 23.2 Å². The number of nitrogens with zero attached hydrogens (tertiary/aromatic N) is 4. The zero-order valence-corrected chi connectivity index (χ0v) is 23.1. The van der Waals surface area contributed by atoms with Gasteiger partial charge in [-0.25, -0.2) is 13.8 Å². The van der Waals surface area contributed by atoms with Crippen molar-refractivity contribution in [2.75, 3.05) is 45.9 Å². The van der Waals surface area contributed by atoms with Crippen LogP contribution in [0.4, 0.5) is 8.78 Å². The van der Waals surface area contributed by atoms with Gasteiger partial charge in [0.25, 0.3) is 11.8 Å². The third-order valence-electron chi connectivity index (χ3n) is 8.17. The monoisotopic (exact) mass is 581 g/mol. The topological polar surface area (TPSA) is 127 Å². The lowest BCUT2D eigenvalue weighted by Gasteiger charge is -2.40. The SMILES string of the molecule is Cc1noc(C)c1C(=O)N1C[C@H]2c3cccc4c3OC[C@@]2(CNC(=O)CN(C(=O)c2ncc(F)cc2F)CCCO4)C1. The van der Waals surface area contributed by atoms with Gasteiger partial charge in [0.1, 0.15) is 17.1 Å². The second-order valence-electron chi connectivity index (χ2n) is 11.0. The van der Waals surface area contributed by atoms with E-state index >= 15 is 0 Å². The molecule has 6 heterocycles. The molecule has 0 unspecified atom stereocenters. The second kappa shape index (κ2) is 10.7. The molecule has 13 heteroatoms. The van der Waals surface area contributed by atoms with E-state index in [4.69, 9.17) is 14.0 Å². The summed E-state index contributed by atoms with van der Waals surface area (Å²) in [6, 6.07) is 6.17. The molecule has 0 aliphatic carbocycles. The smallest absolute Gasteiger partial charge is 0.275 e. The third-order valence-corrected chi connectivity index (χ3v) is 8.17. The Bertz CT molecular complexity index is 1560. The number of hydrogen-bond acceptors (Lipinski definition) is 8. The van der Waals surface area contributed by atoms with E-state index in [-0.39, 0.29) is 44.7 Å². The molecule has 4 bridgehead atoms. The van der Waals surface area contributed by atoms with Gasteiger partial charge in [-0.2, -0.15) is 0 Å². The van der Waals surface area contributed by atoms with Crippen LogP contribution in [0.15, 0.2) is 35.0 Å². The van der Waals surface area contributed by atoms with Gasteiger partial charge >= 0.3 is 0 Å². The van der Waals surface area contributed by atoms with Crippen LogP contribution < -0.4 is 14.8 Å². The number of benzene rings is 1. The van der Waals surface area contributed by atoms with Gasteiger partial charge in [-0.3, -0.25) is 14.4 Å². The molecule has 1 saturated heterocycles. The van der Waals surface area contributed by atoms with Crippen molar-refractivity contribution in [2.24, 2.45) is 5.41 Å². The van der Waals surface area contributed by atoms with Crippen molar-refractivity contribution < 1.29 is 37.2 Å². The summed E-state index contributed by atoms with van der Waals surface area (Å²) in [4.78, 5) is 46.5. The highest BCUT2D eigenvalue weighted by atomic mass is 19.1. The first kappa shape index (κ1) is 27.6. The quantitative estimate of drug-likeness (QED) is 0.490. The number of likely N-dealkylation sites (tertiary alicyclic amines) is 1. The molecule has 220 valence electrons. The summed E-state index contributed by atoms with van der Waals surface area (Å²) < 4.78 is 45.3. The molecule has 1 aromatic carbocycles. The second-order valence-corrected chi connectivity index (χ2v) is 11.0. The van der Waals surface area contributed by atoms with Gasteiger partial charge in [0.05, 0.1) is 31.6 Å². The molecule has 1 fully saturated rings. The number of carbonyl (C=O) groups excluding carboxylic acids is 3. The minimum Gasteiger partial charge on any atom is -0.490 e. The fourth-order valence-corrected chi connectivity index (χ4v) is 6.08. The normalized spacial score (nSPS) is 22.1. The fraction of sp³-hybridized carbons (Fsp3) is 0.414. The Morgan fingerprint density at radius 1 is 1.14 bits per heavy atom. The first-order valence-electron chi connectivity index (χ1n) is 13.6. The molecular formula is C29H29F2N5O6. The van der Waals surface area contributed by atoms with E-state index in [1.165, 1.54) is 4.90 Å². The highest BCUT2D eigenvalue weighted by molar-refractivity contribution is 5.97. The van der Waals surface area contributed by atoms with Crippen molar-refractivity contribution in [1.82, 2.24) is 25.3 Å². The number of amides is 3. The summed E-state index contributed by atoms with van der Waals surface area (Å²) in [6.07, 6.45) is 1.07. The molecular weight excluding hydrogens is 552 g/mol. The predicted molar refractivity (Wildman–Crippen MR) is 142 cm³/mol. The Balaban J connectivity index is 1.31. The summed E-state index contributed by atoms with van der Waals surface area (Å²) >= 11 is 0. The van der Waals surface area contributed by atoms with E-state index in [2.05, 4.69) is 15.5 Å². The Kier molecular flexibility index (Phi) is 7.03. The maximum absolute atomic E-state index is 14.4. The molecule has 3 aromatic rings. The van der Waals surface area contributed by atoms with Crippen molar-refractivity contribution in [3.63, 3.8) is 0 Å². The standard InChI is InChI=1S/C29H29F2N5O6/c1-16-24(17(2)42-34-16)27(38)36-11-20-19-5-3-6-22-26(19)41-15-29(20,14-36)13-33-23(37)12-35(7-4-8-40-22)28(39)25-21(31)9-18(30)10-32-25/h3,5-6,9-10,20H,4,7-8,11-15H2,1-2H3,(H,33,37)/t20-,29+/m0/s1. The number of rotatable bonds is 2. The Hall–Kier alpha value is -4.55. The number of pyridine rings is 1. The number of para-hydroxylation sites is 1. The minimum atomic E-state index is -1.11. The van der Waals surface area contributed by atoms with Gasteiger partial charge in [0, 0.05) is 49.1 Å². The van der Waals surface area contributed by atoms with Crippen molar-refractivity contribution in [2.45, 2.75) is 26.2 Å².